The van der Waals surface area contributed by atoms with E-state index in [0.29, 0.717) is 17.0 Å². The van der Waals surface area contributed by atoms with Crippen molar-refractivity contribution in [3.8, 4) is 0 Å². The summed E-state index contributed by atoms with van der Waals surface area (Å²) in [5.41, 5.74) is 0.790. The molecule has 6 heteroatoms. The minimum Gasteiger partial charge on any atom is -0.302 e. The van der Waals surface area contributed by atoms with E-state index in [2.05, 4.69) is 30.6 Å². The van der Waals surface area contributed by atoms with E-state index < -0.39 is 0 Å². The molecule has 1 atom stereocenters. The van der Waals surface area contributed by atoms with Crippen molar-refractivity contribution in [1.82, 2.24) is 19.4 Å². The van der Waals surface area contributed by atoms with Crippen molar-refractivity contribution < 1.29 is 0 Å². The lowest BCUT2D eigenvalue weighted by atomic mass is 10.1. The predicted octanol–water partition coefficient (Wildman–Crippen LogP) is 4.33. The van der Waals surface area contributed by atoms with Gasteiger partial charge in [0.15, 0.2) is 0 Å². The number of rotatable bonds is 7. The second-order valence-corrected chi connectivity index (χ2v) is 8.15. The van der Waals surface area contributed by atoms with Crippen molar-refractivity contribution in [3.63, 3.8) is 0 Å². The summed E-state index contributed by atoms with van der Waals surface area (Å²) in [6, 6.07) is 5.64. The van der Waals surface area contributed by atoms with E-state index in [1.54, 1.807) is 6.07 Å². The number of benzene rings is 1. The highest BCUT2D eigenvalue weighted by Gasteiger charge is 2.27. The molecule has 1 fully saturated rings. The Morgan fingerprint density at radius 3 is 2.64 bits per heavy atom. The maximum absolute atomic E-state index is 13.3. The molecule has 1 aliphatic rings. The topological polar surface area (TPSA) is 41.4 Å². The van der Waals surface area contributed by atoms with Crippen molar-refractivity contribution in [2.24, 2.45) is 0 Å². The van der Waals surface area contributed by atoms with Crippen LogP contribution in [0.4, 0.5) is 0 Å². The quantitative estimate of drug-likeness (QED) is 0.688. The summed E-state index contributed by atoms with van der Waals surface area (Å²) in [5.74, 6) is 0.925. The Hall–Kier alpha value is -1.43. The lowest BCUT2D eigenvalue weighted by Gasteiger charge is -2.32. The van der Waals surface area contributed by atoms with Gasteiger partial charge in [-0.05, 0) is 50.6 Å². The number of aromatic nitrogens is 2. The van der Waals surface area contributed by atoms with Gasteiger partial charge in [0.05, 0.1) is 16.9 Å². The molecule has 0 aliphatic carbocycles. The van der Waals surface area contributed by atoms with Gasteiger partial charge in [0.2, 0.25) is 0 Å². The predicted molar refractivity (Wildman–Crippen MR) is 117 cm³/mol. The Morgan fingerprint density at radius 1 is 1.11 bits per heavy atom. The molecule has 28 heavy (non-hydrogen) atoms. The lowest BCUT2D eigenvalue weighted by molar-refractivity contribution is 0.177. The van der Waals surface area contributed by atoms with Crippen molar-refractivity contribution >= 4 is 22.5 Å². The highest BCUT2D eigenvalue weighted by Crippen LogP contribution is 2.27. The third-order valence-corrected chi connectivity index (χ3v) is 6.00. The smallest absolute Gasteiger partial charge is 0.261 e. The van der Waals surface area contributed by atoms with Crippen LogP contribution in [0.15, 0.2) is 23.0 Å². The van der Waals surface area contributed by atoms with E-state index in [0.717, 1.165) is 69.7 Å². The Morgan fingerprint density at radius 2 is 1.93 bits per heavy atom. The monoisotopic (exact) mass is 404 g/mol. The van der Waals surface area contributed by atoms with Gasteiger partial charge in [-0.15, -0.1) is 0 Å². The normalized spacial score (nSPS) is 17.7. The SMILES string of the molecule is CCCC(c1nc2ccc(Cl)cc2c(=O)n1CCC)N1CCCN(CC)CC1. The van der Waals surface area contributed by atoms with Crippen molar-refractivity contribution in [3.05, 3.63) is 39.4 Å². The van der Waals surface area contributed by atoms with Crippen LogP contribution in [0.3, 0.4) is 0 Å². The first-order chi connectivity index (χ1) is 13.6. The molecule has 2 aromatic rings. The Labute approximate surface area is 173 Å². The molecule has 154 valence electrons. The summed E-state index contributed by atoms with van der Waals surface area (Å²) >= 11 is 6.15. The minimum atomic E-state index is 0.0375. The summed E-state index contributed by atoms with van der Waals surface area (Å²) in [6.45, 7) is 12.7. The van der Waals surface area contributed by atoms with E-state index in [-0.39, 0.29) is 11.6 Å². The van der Waals surface area contributed by atoms with Crippen molar-refractivity contribution in [2.75, 3.05) is 32.7 Å². The minimum absolute atomic E-state index is 0.0375. The van der Waals surface area contributed by atoms with Gasteiger partial charge in [-0.1, -0.05) is 38.8 Å². The van der Waals surface area contributed by atoms with Crippen LogP contribution in [0.25, 0.3) is 10.9 Å². The fourth-order valence-corrected chi connectivity index (χ4v) is 4.44. The molecule has 1 unspecified atom stereocenters. The molecule has 0 bridgehead atoms. The van der Waals surface area contributed by atoms with Gasteiger partial charge in [0.1, 0.15) is 5.82 Å². The third kappa shape index (κ3) is 4.58. The first-order valence-corrected chi connectivity index (χ1v) is 11.1. The number of nitrogens with zero attached hydrogens (tertiary/aromatic N) is 4. The highest BCUT2D eigenvalue weighted by atomic mass is 35.5. The van der Waals surface area contributed by atoms with Crippen LogP contribution < -0.4 is 5.56 Å². The van der Waals surface area contributed by atoms with E-state index >= 15 is 0 Å². The molecule has 0 amide bonds. The molecule has 1 aromatic heterocycles. The third-order valence-electron chi connectivity index (χ3n) is 5.76. The lowest BCUT2D eigenvalue weighted by Crippen LogP contribution is -2.37. The maximum Gasteiger partial charge on any atom is 0.261 e. The standard InChI is InChI=1S/C22H33ClN4O/c1-4-8-20(26-13-7-12-25(6-3)14-15-26)21-24-19-10-9-17(23)16-18(19)22(28)27(21)11-5-2/h9-10,16,20H,4-8,11-15H2,1-3H3. The van der Waals surface area contributed by atoms with Gasteiger partial charge in [-0.25, -0.2) is 4.98 Å². The molecule has 5 nitrogen and oxygen atoms in total. The van der Waals surface area contributed by atoms with E-state index in [9.17, 15) is 4.79 Å². The van der Waals surface area contributed by atoms with Crippen LogP contribution in [0.5, 0.6) is 0 Å². The average molecular weight is 405 g/mol. The maximum atomic E-state index is 13.3. The van der Waals surface area contributed by atoms with Crippen LogP contribution in [0, 0.1) is 0 Å². The Balaban J connectivity index is 2.07. The second-order valence-electron chi connectivity index (χ2n) is 7.72. The molecule has 0 spiro atoms. The zero-order valence-electron chi connectivity index (χ0n) is 17.5. The molecule has 1 saturated heterocycles. The summed E-state index contributed by atoms with van der Waals surface area (Å²) in [6.07, 6.45) is 4.15. The Bertz CT molecular complexity index is 850. The van der Waals surface area contributed by atoms with E-state index in [1.807, 2.05) is 16.7 Å². The Kier molecular flexibility index (Phi) is 7.49. The van der Waals surface area contributed by atoms with Crippen LogP contribution in [-0.2, 0) is 6.54 Å². The molecule has 1 aromatic carbocycles. The van der Waals surface area contributed by atoms with Gasteiger partial charge in [0.25, 0.3) is 5.56 Å². The molecular weight excluding hydrogens is 372 g/mol. The second kappa shape index (κ2) is 9.86. The molecule has 2 heterocycles. The van der Waals surface area contributed by atoms with Gasteiger partial charge in [0, 0.05) is 31.2 Å². The largest absolute Gasteiger partial charge is 0.302 e. The highest BCUT2D eigenvalue weighted by molar-refractivity contribution is 6.31. The van der Waals surface area contributed by atoms with Crippen LogP contribution in [0.2, 0.25) is 5.02 Å². The summed E-state index contributed by atoms with van der Waals surface area (Å²) in [7, 11) is 0. The number of fused-ring (bicyclic) bond motifs is 1. The number of likely N-dealkylation sites (N-methyl/N-ethyl adjacent to an activating group) is 1. The fourth-order valence-electron chi connectivity index (χ4n) is 4.27. The van der Waals surface area contributed by atoms with Gasteiger partial charge >= 0.3 is 0 Å². The van der Waals surface area contributed by atoms with Gasteiger partial charge in [-0.2, -0.15) is 0 Å². The number of hydrogen-bond acceptors (Lipinski definition) is 4. The van der Waals surface area contributed by atoms with Crippen molar-refractivity contribution in [2.45, 2.75) is 59.0 Å². The summed E-state index contributed by atoms with van der Waals surface area (Å²) in [5, 5.41) is 1.20. The molecular formula is C22H33ClN4O. The number of hydrogen-bond donors (Lipinski definition) is 0. The summed E-state index contributed by atoms with van der Waals surface area (Å²) in [4.78, 5) is 23.4. The van der Waals surface area contributed by atoms with Crippen LogP contribution in [0.1, 0.15) is 58.3 Å². The summed E-state index contributed by atoms with van der Waals surface area (Å²) < 4.78 is 1.90. The van der Waals surface area contributed by atoms with Crippen LogP contribution >= 0.6 is 11.6 Å². The molecule has 0 N–H and O–H groups in total. The molecule has 3 rings (SSSR count). The molecule has 0 saturated carbocycles. The number of halogens is 1. The fraction of sp³-hybridized carbons (Fsp3) is 0.636. The zero-order valence-corrected chi connectivity index (χ0v) is 18.2. The zero-order chi connectivity index (χ0) is 20.1. The average Bonchev–Trinajstić information content (AvgIpc) is 2.94. The van der Waals surface area contributed by atoms with Gasteiger partial charge in [-0.3, -0.25) is 14.3 Å². The first-order valence-electron chi connectivity index (χ1n) is 10.7. The van der Waals surface area contributed by atoms with E-state index in [4.69, 9.17) is 16.6 Å². The van der Waals surface area contributed by atoms with Gasteiger partial charge < -0.3 is 4.90 Å². The molecule has 1 aliphatic heterocycles. The molecule has 0 radical (unpaired) electrons. The van der Waals surface area contributed by atoms with E-state index in [1.165, 1.54) is 0 Å². The first kappa shape index (κ1) is 21.3. The van der Waals surface area contributed by atoms with Crippen LogP contribution in [-0.4, -0.2) is 52.1 Å². The van der Waals surface area contributed by atoms with Crippen molar-refractivity contribution in [1.29, 1.82) is 0 Å².